The van der Waals surface area contributed by atoms with E-state index in [9.17, 15) is 14.7 Å². The van der Waals surface area contributed by atoms with Crippen LogP contribution in [0.5, 0.6) is 5.75 Å². The number of rotatable bonds is 5. The average Bonchev–Trinajstić information content (AvgIpc) is 2.37. The van der Waals surface area contributed by atoms with Gasteiger partial charge >= 0.3 is 12.0 Å². The number of phenols is 1. The number of phenolic OH excluding ortho intramolecular Hbond substituents is 1. The lowest BCUT2D eigenvalue weighted by Crippen LogP contribution is -2.34. The van der Waals surface area contributed by atoms with Crippen molar-refractivity contribution >= 4 is 17.7 Å². The monoisotopic (exact) mass is 280 g/mol. The Hall–Kier alpha value is -2.24. The summed E-state index contributed by atoms with van der Waals surface area (Å²) in [4.78, 5) is 22.7. The van der Waals surface area contributed by atoms with Crippen molar-refractivity contribution < 1.29 is 19.8 Å². The van der Waals surface area contributed by atoms with Gasteiger partial charge in [-0.15, -0.1) is 0 Å². The van der Waals surface area contributed by atoms with Crippen LogP contribution in [0.2, 0.25) is 0 Å². The first-order chi connectivity index (χ1) is 9.31. The van der Waals surface area contributed by atoms with E-state index in [0.29, 0.717) is 18.4 Å². The summed E-state index contributed by atoms with van der Waals surface area (Å²) in [5, 5.41) is 23.4. The molecule has 0 aliphatic rings. The van der Waals surface area contributed by atoms with Gasteiger partial charge in [0.1, 0.15) is 5.75 Å². The molecule has 0 aliphatic carbocycles. The van der Waals surface area contributed by atoms with Crippen LogP contribution >= 0.6 is 0 Å². The highest BCUT2D eigenvalue weighted by Gasteiger charge is 2.14. The number of carbonyl (C=O) groups is 2. The van der Waals surface area contributed by atoms with Crippen LogP contribution in [0.1, 0.15) is 31.1 Å². The van der Waals surface area contributed by atoms with E-state index < -0.39 is 12.0 Å². The zero-order valence-corrected chi connectivity index (χ0v) is 11.8. The van der Waals surface area contributed by atoms with Gasteiger partial charge in [0.25, 0.3) is 0 Å². The molecule has 0 aromatic heterocycles. The Labute approximate surface area is 117 Å². The lowest BCUT2D eigenvalue weighted by Gasteiger charge is -2.16. The Morgan fingerprint density at radius 3 is 2.45 bits per heavy atom. The smallest absolute Gasteiger partial charge is 0.337 e. The fourth-order valence-corrected chi connectivity index (χ4v) is 1.47. The number of aromatic carboxylic acids is 1. The predicted molar refractivity (Wildman–Crippen MR) is 76.1 cm³/mol. The number of aromatic hydroxyl groups is 1. The lowest BCUT2D eigenvalue weighted by atomic mass is 9.98. The summed E-state index contributed by atoms with van der Waals surface area (Å²) in [6, 6.07) is 3.29. The molecular weight excluding hydrogens is 260 g/mol. The van der Waals surface area contributed by atoms with Gasteiger partial charge in [0, 0.05) is 6.54 Å². The topological polar surface area (TPSA) is 98.7 Å². The van der Waals surface area contributed by atoms with E-state index in [0.717, 1.165) is 6.07 Å². The highest BCUT2D eigenvalue weighted by atomic mass is 16.4. The van der Waals surface area contributed by atoms with E-state index in [2.05, 4.69) is 24.5 Å². The van der Waals surface area contributed by atoms with Gasteiger partial charge in [-0.05, 0) is 30.0 Å². The molecule has 1 aromatic carbocycles. The van der Waals surface area contributed by atoms with Gasteiger partial charge in [0.2, 0.25) is 0 Å². The fraction of sp³-hybridized carbons (Fsp3) is 0.429. The molecule has 0 radical (unpaired) electrons. The third kappa shape index (κ3) is 4.46. The standard InChI is InChI=1S/C14H20N2O4/c1-8(2)9(3)7-15-14(20)16-12-5-4-10(17)6-11(12)13(18)19/h4-6,8-9,17H,7H2,1-3H3,(H,18,19)(H2,15,16,20). The van der Waals surface area contributed by atoms with Crippen LogP contribution in [-0.4, -0.2) is 28.8 Å². The number of amides is 2. The SMILES string of the molecule is CC(C)C(C)CNC(=O)Nc1ccc(O)cc1C(=O)O. The van der Waals surface area contributed by atoms with Crippen LogP contribution in [-0.2, 0) is 0 Å². The van der Waals surface area contributed by atoms with E-state index in [1.807, 2.05) is 6.92 Å². The van der Waals surface area contributed by atoms with Crippen LogP contribution < -0.4 is 10.6 Å². The largest absolute Gasteiger partial charge is 0.508 e. The molecule has 0 aliphatic heterocycles. The number of nitrogens with one attached hydrogen (secondary N) is 2. The summed E-state index contributed by atoms with van der Waals surface area (Å²) in [6.45, 7) is 6.65. The number of benzene rings is 1. The van der Waals surface area contributed by atoms with Crippen molar-refractivity contribution in [3.63, 3.8) is 0 Å². The van der Waals surface area contributed by atoms with Crippen LogP contribution in [0.25, 0.3) is 0 Å². The van der Waals surface area contributed by atoms with E-state index >= 15 is 0 Å². The number of carbonyl (C=O) groups excluding carboxylic acids is 1. The number of carboxylic acids is 1. The maximum atomic E-state index is 11.7. The van der Waals surface area contributed by atoms with Gasteiger partial charge in [-0.25, -0.2) is 9.59 Å². The third-order valence-electron chi connectivity index (χ3n) is 3.20. The Morgan fingerprint density at radius 1 is 1.25 bits per heavy atom. The van der Waals surface area contributed by atoms with E-state index in [1.165, 1.54) is 12.1 Å². The minimum absolute atomic E-state index is 0.144. The molecule has 6 nitrogen and oxygen atoms in total. The molecule has 0 spiro atoms. The average molecular weight is 280 g/mol. The number of urea groups is 1. The Morgan fingerprint density at radius 2 is 1.90 bits per heavy atom. The second-order valence-corrected chi connectivity index (χ2v) is 5.09. The predicted octanol–water partition coefficient (Wildman–Crippen LogP) is 2.50. The Bertz CT molecular complexity index is 500. The minimum atomic E-state index is -1.22. The molecule has 4 N–H and O–H groups in total. The molecular formula is C14H20N2O4. The van der Waals surface area contributed by atoms with Gasteiger partial charge in [0.05, 0.1) is 11.3 Å². The zero-order chi connectivity index (χ0) is 15.3. The first kappa shape index (κ1) is 15.8. The van der Waals surface area contributed by atoms with Gasteiger partial charge in [0.15, 0.2) is 0 Å². The highest BCUT2D eigenvalue weighted by Crippen LogP contribution is 2.21. The summed E-state index contributed by atoms with van der Waals surface area (Å²) in [5.74, 6) is -0.619. The van der Waals surface area contributed by atoms with Crippen LogP contribution in [0, 0.1) is 11.8 Å². The van der Waals surface area contributed by atoms with Crippen molar-refractivity contribution in [2.24, 2.45) is 11.8 Å². The molecule has 2 amide bonds. The second-order valence-electron chi connectivity index (χ2n) is 5.09. The maximum absolute atomic E-state index is 11.7. The summed E-state index contributed by atoms with van der Waals surface area (Å²) < 4.78 is 0. The molecule has 110 valence electrons. The summed E-state index contributed by atoms with van der Waals surface area (Å²) in [5.41, 5.74) is -0.0120. The lowest BCUT2D eigenvalue weighted by molar-refractivity contribution is 0.0697. The summed E-state index contributed by atoms with van der Waals surface area (Å²) >= 11 is 0. The van der Waals surface area contributed by atoms with Crippen molar-refractivity contribution in [1.82, 2.24) is 5.32 Å². The molecule has 1 rings (SSSR count). The number of anilines is 1. The molecule has 0 saturated heterocycles. The highest BCUT2D eigenvalue weighted by molar-refractivity contribution is 6.00. The summed E-state index contributed by atoms with van der Waals surface area (Å²) in [6.07, 6.45) is 0. The number of hydrogen-bond donors (Lipinski definition) is 4. The number of carboxylic acid groups (broad SMARTS) is 1. The van der Waals surface area contributed by atoms with E-state index in [-0.39, 0.29) is 17.0 Å². The minimum Gasteiger partial charge on any atom is -0.508 e. The van der Waals surface area contributed by atoms with E-state index in [4.69, 9.17) is 5.11 Å². The van der Waals surface area contributed by atoms with Gasteiger partial charge in [-0.2, -0.15) is 0 Å². The molecule has 0 heterocycles. The molecule has 1 atom stereocenters. The first-order valence-electron chi connectivity index (χ1n) is 6.42. The quantitative estimate of drug-likeness (QED) is 0.623. The number of hydrogen-bond acceptors (Lipinski definition) is 3. The van der Waals surface area contributed by atoms with Crippen molar-refractivity contribution in [2.75, 3.05) is 11.9 Å². The molecule has 1 unspecified atom stereocenters. The molecule has 1 aromatic rings. The summed E-state index contributed by atoms with van der Waals surface area (Å²) in [7, 11) is 0. The van der Waals surface area contributed by atoms with Crippen LogP contribution in [0.15, 0.2) is 18.2 Å². The Kier molecular flexibility index (Phi) is 5.37. The zero-order valence-electron chi connectivity index (χ0n) is 11.8. The van der Waals surface area contributed by atoms with Crippen molar-refractivity contribution in [3.05, 3.63) is 23.8 Å². The second kappa shape index (κ2) is 6.79. The van der Waals surface area contributed by atoms with E-state index in [1.54, 1.807) is 0 Å². The molecule has 0 fully saturated rings. The van der Waals surface area contributed by atoms with Crippen molar-refractivity contribution in [2.45, 2.75) is 20.8 Å². The molecule has 20 heavy (non-hydrogen) atoms. The molecule has 0 bridgehead atoms. The maximum Gasteiger partial charge on any atom is 0.337 e. The molecule has 6 heteroatoms. The van der Waals surface area contributed by atoms with Crippen LogP contribution in [0.4, 0.5) is 10.5 Å². The molecule has 0 saturated carbocycles. The Balaban J connectivity index is 2.69. The third-order valence-corrected chi connectivity index (χ3v) is 3.20. The van der Waals surface area contributed by atoms with Crippen molar-refractivity contribution in [1.29, 1.82) is 0 Å². The van der Waals surface area contributed by atoms with Crippen LogP contribution in [0.3, 0.4) is 0 Å². The first-order valence-corrected chi connectivity index (χ1v) is 6.42. The van der Waals surface area contributed by atoms with Gasteiger partial charge < -0.3 is 20.8 Å². The van der Waals surface area contributed by atoms with Gasteiger partial charge in [-0.3, -0.25) is 0 Å². The van der Waals surface area contributed by atoms with Crippen molar-refractivity contribution in [3.8, 4) is 5.75 Å². The normalized spacial score (nSPS) is 12.0. The van der Waals surface area contributed by atoms with Gasteiger partial charge in [-0.1, -0.05) is 20.8 Å². The fourth-order valence-electron chi connectivity index (χ4n) is 1.47.